The molecule has 3 rings (SSSR count). The van der Waals surface area contributed by atoms with Gasteiger partial charge in [0.05, 0.1) is 26.3 Å². The number of nitrogens with zero attached hydrogens (tertiary/aromatic N) is 2. The molecule has 0 unspecified atom stereocenters. The van der Waals surface area contributed by atoms with Crippen LogP contribution >= 0.6 is 0 Å². The van der Waals surface area contributed by atoms with Gasteiger partial charge < -0.3 is 36.9 Å². The fourth-order valence-corrected chi connectivity index (χ4v) is 4.63. The van der Waals surface area contributed by atoms with Gasteiger partial charge in [-0.1, -0.05) is 54.4 Å². The topological polar surface area (TPSA) is 83.6 Å². The maximum atomic E-state index is 10.9. The summed E-state index contributed by atoms with van der Waals surface area (Å²) in [5.74, 6) is 1.86. The average molecular weight is 633 g/mol. The van der Waals surface area contributed by atoms with E-state index in [1.807, 2.05) is 24.3 Å². The van der Waals surface area contributed by atoms with E-state index in [2.05, 4.69) is 41.5 Å². The van der Waals surface area contributed by atoms with Crippen molar-refractivity contribution in [3.8, 4) is 23.0 Å². The van der Waals surface area contributed by atoms with Gasteiger partial charge in [0.1, 0.15) is 23.0 Å². The number of hydrogen-bond donors (Lipinski definition) is 2. The SMILES string of the molecule is COc1cc(C=N[C@@H]2CCCC[C@H]2N=Cc2cc(OC)cc(C(C)(C)C)c2O)c(O)c(C(C)(C)C)c1.F[B-](F)(F)F.[Cr]. The quantitative estimate of drug-likeness (QED) is 0.193. The Balaban J connectivity index is 0.00000135. The number of phenolic OH excluding ortho intramolecular Hbond substituents is 2. The zero-order chi connectivity index (χ0) is 31.2. The molecule has 2 aromatic carbocycles. The standard InChI is InChI=1S/C30H42N2O4.BF4.Cr/c1-29(2,3)23-15-21(35-7)13-19(27(23)33)17-31-25-11-9-10-12-26(25)32-18-20-14-22(36-8)16-24(28(20)34)30(4,5)6;2-1(3,4)5;/h13-18,25-26,33-34H,9-12H2,1-8H3;;/q;-1;/t25-,26-;;/m1../s1. The number of halogens is 4. The van der Waals surface area contributed by atoms with Crippen molar-refractivity contribution >= 4 is 19.7 Å². The van der Waals surface area contributed by atoms with E-state index in [-0.39, 0.29) is 51.8 Å². The first-order chi connectivity index (χ1) is 18.8. The maximum absolute atomic E-state index is 10.9. The predicted molar refractivity (Wildman–Crippen MR) is 158 cm³/mol. The first kappa shape index (κ1) is 37.3. The fourth-order valence-electron chi connectivity index (χ4n) is 4.63. The number of aliphatic imine (C=N–C) groups is 2. The van der Waals surface area contributed by atoms with Crippen molar-refractivity contribution in [2.75, 3.05) is 14.2 Å². The van der Waals surface area contributed by atoms with Crippen LogP contribution in [0.1, 0.15) is 89.5 Å². The second kappa shape index (κ2) is 15.2. The molecule has 234 valence electrons. The number of hydrogen-bond acceptors (Lipinski definition) is 6. The minimum absolute atomic E-state index is 0. The first-order valence-corrected chi connectivity index (χ1v) is 13.6. The minimum Gasteiger partial charge on any atom is -0.507 e. The van der Waals surface area contributed by atoms with Gasteiger partial charge in [-0.25, -0.2) is 0 Å². The van der Waals surface area contributed by atoms with Crippen LogP contribution in [0, 0.1) is 0 Å². The summed E-state index contributed by atoms with van der Waals surface area (Å²) in [5, 5.41) is 21.9. The molecular weight excluding hydrogens is 591 g/mol. The Bertz CT molecular complexity index is 1150. The van der Waals surface area contributed by atoms with Crippen molar-refractivity contribution in [2.24, 2.45) is 9.98 Å². The van der Waals surface area contributed by atoms with Crippen molar-refractivity contribution in [2.45, 2.75) is 90.1 Å². The van der Waals surface area contributed by atoms with Crippen LogP contribution in [-0.2, 0) is 28.2 Å². The molecule has 0 heterocycles. The zero-order valence-electron chi connectivity index (χ0n) is 25.6. The zero-order valence-corrected chi connectivity index (χ0v) is 26.8. The summed E-state index contributed by atoms with van der Waals surface area (Å²) in [7, 11) is -2.74. The number of rotatable bonds is 6. The molecular formula is C30H42BCrF4N2O4-. The van der Waals surface area contributed by atoms with E-state index in [0.29, 0.717) is 22.6 Å². The van der Waals surface area contributed by atoms with Crippen molar-refractivity contribution < 1.29 is 54.3 Å². The molecule has 0 saturated heterocycles. The van der Waals surface area contributed by atoms with Crippen molar-refractivity contribution in [1.82, 2.24) is 0 Å². The number of ether oxygens (including phenoxy) is 2. The van der Waals surface area contributed by atoms with Gasteiger partial charge in [0.2, 0.25) is 0 Å². The molecule has 6 nitrogen and oxygen atoms in total. The Morgan fingerprint density at radius 3 is 1.29 bits per heavy atom. The monoisotopic (exact) mass is 633 g/mol. The van der Waals surface area contributed by atoms with Crippen molar-refractivity contribution in [3.63, 3.8) is 0 Å². The van der Waals surface area contributed by atoms with Crippen LogP contribution in [0.4, 0.5) is 17.3 Å². The summed E-state index contributed by atoms with van der Waals surface area (Å²) in [6.07, 6.45) is 7.53. The Morgan fingerprint density at radius 2 is 1.02 bits per heavy atom. The Hall–Kier alpha value is -2.70. The Kier molecular flexibility index (Phi) is 13.5. The van der Waals surface area contributed by atoms with E-state index in [4.69, 9.17) is 19.5 Å². The van der Waals surface area contributed by atoms with Gasteiger partial charge >= 0.3 is 7.25 Å². The number of benzene rings is 2. The van der Waals surface area contributed by atoms with Crippen molar-refractivity contribution in [1.29, 1.82) is 0 Å². The van der Waals surface area contributed by atoms with Crippen LogP contribution in [0.3, 0.4) is 0 Å². The van der Waals surface area contributed by atoms with E-state index in [1.165, 1.54) is 0 Å². The Labute approximate surface area is 257 Å². The molecule has 0 amide bonds. The van der Waals surface area contributed by atoms with Crippen LogP contribution in [0.25, 0.3) is 0 Å². The molecule has 1 aliphatic rings. The van der Waals surface area contributed by atoms with Gasteiger partial charge in [0, 0.05) is 52.0 Å². The summed E-state index contributed by atoms with van der Waals surface area (Å²) in [6, 6.07) is 7.39. The fraction of sp³-hybridized carbons (Fsp3) is 0.533. The van der Waals surface area contributed by atoms with E-state index in [9.17, 15) is 27.5 Å². The van der Waals surface area contributed by atoms with E-state index >= 15 is 0 Å². The summed E-state index contributed by atoms with van der Waals surface area (Å²) in [6.45, 7) is 12.4. The van der Waals surface area contributed by atoms with Crippen LogP contribution in [0.2, 0.25) is 0 Å². The first-order valence-electron chi connectivity index (χ1n) is 13.6. The number of methoxy groups -OCH3 is 2. The molecule has 12 heteroatoms. The predicted octanol–water partition coefficient (Wildman–Crippen LogP) is 7.86. The van der Waals surface area contributed by atoms with Crippen LogP contribution in [0.15, 0.2) is 34.3 Å². The van der Waals surface area contributed by atoms with Gasteiger partial charge in [0.25, 0.3) is 0 Å². The minimum atomic E-state index is -6.00. The van der Waals surface area contributed by atoms with Gasteiger partial charge in [0.15, 0.2) is 0 Å². The van der Waals surface area contributed by atoms with Gasteiger partial charge in [-0.2, -0.15) is 0 Å². The molecule has 0 aliphatic heterocycles. The van der Waals surface area contributed by atoms with Crippen molar-refractivity contribution in [3.05, 3.63) is 46.5 Å². The molecule has 0 radical (unpaired) electrons. The molecule has 1 fully saturated rings. The van der Waals surface area contributed by atoms with Crippen LogP contribution in [-0.4, -0.2) is 56.2 Å². The molecule has 0 bridgehead atoms. The van der Waals surface area contributed by atoms with E-state index < -0.39 is 7.25 Å². The molecule has 2 aromatic rings. The molecule has 2 atom stereocenters. The summed E-state index contributed by atoms with van der Waals surface area (Å²) >= 11 is 0. The second-order valence-corrected chi connectivity index (χ2v) is 12.2. The van der Waals surface area contributed by atoms with E-state index in [0.717, 1.165) is 36.8 Å². The number of phenols is 2. The Morgan fingerprint density at radius 1 is 0.714 bits per heavy atom. The average Bonchev–Trinajstić information content (AvgIpc) is 2.85. The third-order valence-electron chi connectivity index (χ3n) is 6.82. The second-order valence-electron chi connectivity index (χ2n) is 12.2. The van der Waals surface area contributed by atoms with Gasteiger partial charge in [-0.05, 0) is 47.9 Å². The summed E-state index contributed by atoms with van der Waals surface area (Å²) in [5.41, 5.74) is 2.47. The normalized spacial score (nSPS) is 17.9. The van der Waals surface area contributed by atoms with Gasteiger partial charge in [-0.15, -0.1) is 0 Å². The molecule has 42 heavy (non-hydrogen) atoms. The smallest absolute Gasteiger partial charge is 0.507 e. The molecule has 2 N–H and O–H groups in total. The third-order valence-corrected chi connectivity index (χ3v) is 6.82. The third kappa shape index (κ3) is 11.2. The molecule has 0 aromatic heterocycles. The summed E-state index contributed by atoms with van der Waals surface area (Å²) in [4.78, 5) is 9.76. The van der Waals surface area contributed by atoms with Gasteiger partial charge in [-0.3, -0.25) is 9.98 Å². The molecule has 0 spiro atoms. The largest absolute Gasteiger partial charge is 0.673 e. The number of aromatic hydroxyl groups is 2. The molecule has 1 saturated carbocycles. The summed E-state index contributed by atoms with van der Waals surface area (Å²) < 4.78 is 50.0. The molecule has 1 aliphatic carbocycles. The maximum Gasteiger partial charge on any atom is 0.673 e. The van der Waals surface area contributed by atoms with E-state index in [1.54, 1.807) is 26.6 Å². The van der Waals surface area contributed by atoms with Crippen LogP contribution < -0.4 is 9.47 Å². The van der Waals surface area contributed by atoms with Crippen LogP contribution in [0.5, 0.6) is 23.0 Å².